The Balaban J connectivity index is 0.000000181. The van der Waals surface area contributed by atoms with Crippen LogP contribution in [0.2, 0.25) is 0 Å². The molecule has 6 aromatic rings. The average Bonchev–Trinajstić information content (AvgIpc) is 3.04. The zero-order valence-corrected chi connectivity index (χ0v) is 25.4. The van der Waals surface area contributed by atoms with Crippen molar-refractivity contribution in [3.8, 4) is 0 Å². The largest absolute Gasteiger partial charge is 0.147 e. The molecular weight excluding hydrogens is 542 g/mol. The van der Waals surface area contributed by atoms with Crippen LogP contribution in [0.4, 0.5) is 0 Å². The summed E-state index contributed by atoms with van der Waals surface area (Å²) in [6.07, 6.45) is 0. The molecule has 0 nitrogen and oxygen atoms in total. The molecule has 0 N–H and O–H groups in total. The van der Waals surface area contributed by atoms with Crippen molar-refractivity contribution in [1.82, 2.24) is 0 Å². The molecule has 0 radical (unpaired) electrons. The topological polar surface area (TPSA) is 0 Å². The number of benzene rings is 6. The van der Waals surface area contributed by atoms with Crippen molar-refractivity contribution < 1.29 is 0 Å². The first-order valence-electron chi connectivity index (χ1n) is 13.4. The minimum atomic E-state index is -1.88. The summed E-state index contributed by atoms with van der Waals surface area (Å²) < 4.78 is 0. The second-order valence-corrected chi connectivity index (χ2v) is 15.8. The van der Waals surface area contributed by atoms with Gasteiger partial charge in [0.25, 0.3) is 0 Å². The molecule has 0 saturated carbocycles. The van der Waals surface area contributed by atoms with Gasteiger partial charge in [-0.15, -0.1) is 12.4 Å². The van der Waals surface area contributed by atoms with Gasteiger partial charge >= 0.3 is 121 Å². The maximum Gasteiger partial charge on any atom is -0.0134 e. The zero-order chi connectivity index (χ0) is 26.8. The van der Waals surface area contributed by atoms with E-state index in [1.54, 1.807) is 0 Å². The van der Waals surface area contributed by atoms with Gasteiger partial charge in [-0.25, -0.2) is 0 Å². The van der Waals surface area contributed by atoms with Crippen LogP contribution in [-0.4, -0.2) is 6.66 Å². The number of hydrogen-bond donors (Lipinski definition) is 0. The summed E-state index contributed by atoms with van der Waals surface area (Å²) in [4.78, 5) is 0. The Labute approximate surface area is 247 Å². The fraction of sp³-hybridized carbons (Fsp3) is 0.0270. The molecule has 3 heteroatoms. The van der Waals surface area contributed by atoms with Crippen LogP contribution in [0.15, 0.2) is 182 Å². The average molecular weight is 577 g/mol. The Bertz CT molecular complexity index is 1340. The summed E-state index contributed by atoms with van der Waals surface area (Å²) in [5.74, 6) is 0. The van der Waals surface area contributed by atoms with Crippen LogP contribution < -0.4 is 31.8 Å². The van der Waals surface area contributed by atoms with E-state index < -0.39 is 15.2 Å². The Morgan fingerprint density at radius 2 is 0.525 bits per heavy atom. The van der Waals surface area contributed by atoms with E-state index in [2.05, 4.69) is 189 Å². The van der Waals surface area contributed by atoms with Gasteiger partial charge in [-0.3, -0.25) is 0 Å². The van der Waals surface area contributed by atoms with Gasteiger partial charge in [0.2, 0.25) is 0 Å². The maximum absolute atomic E-state index is 2.44. The van der Waals surface area contributed by atoms with Gasteiger partial charge in [0.1, 0.15) is 0 Å². The third kappa shape index (κ3) is 6.96. The minimum absolute atomic E-state index is 0. The summed E-state index contributed by atoms with van der Waals surface area (Å²) in [7, 11) is -2.32. The zero-order valence-electron chi connectivity index (χ0n) is 22.7. The Morgan fingerprint density at radius 1 is 0.325 bits per heavy atom. The van der Waals surface area contributed by atoms with E-state index in [-0.39, 0.29) is 12.4 Å². The van der Waals surface area contributed by atoms with Crippen molar-refractivity contribution in [3.05, 3.63) is 182 Å². The molecule has 0 heterocycles. The second-order valence-electron chi connectivity index (χ2n) is 9.57. The van der Waals surface area contributed by atoms with Crippen molar-refractivity contribution in [3.63, 3.8) is 0 Å². The summed E-state index contributed by atoms with van der Waals surface area (Å²) in [5, 5.41) is 8.56. The molecular formula is C37H35ClP2. The minimum Gasteiger partial charge on any atom is -0.147 e. The molecule has 0 aliphatic heterocycles. The molecule has 6 aromatic carbocycles. The molecule has 200 valence electrons. The van der Waals surface area contributed by atoms with E-state index in [0.717, 1.165) is 0 Å². The maximum atomic E-state index is 2.44. The molecule has 0 bridgehead atoms. The van der Waals surface area contributed by atoms with Crippen molar-refractivity contribution >= 4 is 59.4 Å². The third-order valence-corrected chi connectivity index (χ3v) is 14.0. The smallest absolute Gasteiger partial charge is 0.0134 e. The van der Waals surface area contributed by atoms with Crippen LogP contribution in [-0.2, 0) is 0 Å². The molecule has 0 aromatic heterocycles. The van der Waals surface area contributed by atoms with Gasteiger partial charge in [0.05, 0.1) is 0 Å². The van der Waals surface area contributed by atoms with Gasteiger partial charge < -0.3 is 0 Å². The van der Waals surface area contributed by atoms with Crippen molar-refractivity contribution in [2.75, 3.05) is 6.66 Å². The van der Waals surface area contributed by atoms with E-state index in [0.29, 0.717) is 0 Å². The van der Waals surface area contributed by atoms with Crippen LogP contribution in [0.25, 0.3) is 0 Å². The quantitative estimate of drug-likeness (QED) is 0.184. The van der Waals surface area contributed by atoms with Crippen LogP contribution >= 0.6 is 27.6 Å². The van der Waals surface area contributed by atoms with Gasteiger partial charge in [-0.2, -0.15) is 0 Å². The monoisotopic (exact) mass is 576 g/mol. The van der Waals surface area contributed by atoms with Crippen LogP contribution in [0.3, 0.4) is 0 Å². The molecule has 0 saturated heterocycles. The normalized spacial score (nSPS) is 11.1. The summed E-state index contributed by atoms with van der Waals surface area (Å²) in [5.41, 5.74) is 0. The first-order chi connectivity index (χ1) is 19.3. The summed E-state index contributed by atoms with van der Waals surface area (Å²) >= 11 is 0. The van der Waals surface area contributed by atoms with Crippen molar-refractivity contribution in [2.45, 2.75) is 0 Å². The fourth-order valence-electron chi connectivity index (χ4n) is 4.99. The summed E-state index contributed by atoms with van der Waals surface area (Å²) in [6.45, 7) is 2.44. The predicted molar refractivity (Wildman–Crippen MR) is 185 cm³/mol. The third-order valence-electron chi connectivity index (χ3n) is 7.10. The number of hydrogen-bond acceptors (Lipinski definition) is 0. The van der Waals surface area contributed by atoms with Gasteiger partial charge in [-0.05, 0) is 23.8 Å². The summed E-state index contributed by atoms with van der Waals surface area (Å²) in [6, 6.07) is 65.1. The van der Waals surface area contributed by atoms with Crippen LogP contribution in [0.5, 0.6) is 0 Å². The molecule has 0 amide bonds. The van der Waals surface area contributed by atoms with E-state index in [9.17, 15) is 0 Å². The fourth-order valence-corrected chi connectivity index (χ4v) is 10.9. The molecule has 0 atom stereocenters. The molecule has 0 fully saturated rings. The first kappa shape index (κ1) is 29.5. The van der Waals surface area contributed by atoms with Crippen LogP contribution in [0.1, 0.15) is 0 Å². The molecule has 40 heavy (non-hydrogen) atoms. The number of rotatable bonds is 6. The van der Waals surface area contributed by atoms with E-state index in [1.165, 1.54) is 31.8 Å². The second kappa shape index (κ2) is 14.7. The number of halogens is 1. The molecule has 0 aliphatic rings. The van der Waals surface area contributed by atoms with Gasteiger partial charge in [0.15, 0.2) is 0 Å². The Morgan fingerprint density at radius 3 is 0.750 bits per heavy atom. The first-order valence-corrected chi connectivity index (χ1v) is 17.2. The SMILES string of the molecule is C[PH](c1ccccc1)(c1ccccc1)c1ccccc1.Cl.c1ccc(P(c2ccccc2)c2ccccc2)cc1. The van der Waals surface area contributed by atoms with E-state index in [1.807, 2.05) is 0 Å². The van der Waals surface area contributed by atoms with Gasteiger partial charge in [-0.1, -0.05) is 91.0 Å². The molecule has 0 spiro atoms. The molecule has 0 aliphatic carbocycles. The predicted octanol–water partition coefficient (Wildman–Crippen LogP) is 7.21. The van der Waals surface area contributed by atoms with Crippen molar-refractivity contribution in [2.24, 2.45) is 0 Å². The van der Waals surface area contributed by atoms with E-state index >= 15 is 0 Å². The van der Waals surface area contributed by atoms with Crippen molar-refractivity contribution in [1.29, 1.82) is 0 Å². The molecule has 6 rings (SSSR count). The van der Waals surface area contributed by atoms with Crippen LogP contribution in [0, 0.1) is 0 Å². The Hall–Kier alpha value is -3.53. The molecule has 0 unspecified atom stereocenters. The Kier molecular flexibility index (Phi) is 10.9. The standard InChI is InChI=1S/C19H19P.C18H15P.ClH/c1-20(17-11-5-2-6-12-17,18-13-7-3-8-14-18)19-15-9-4-10-16-19;1-4-10-16(11-5-1)19(17-12-6-2-7-13-17)18-14-8-3-9-15-18;/h2-16,20H,1H3;1-15H;1H. The van der Waals surface area contributed by atoms with E-state index in [4.69, 9.17) is 0 Å². The van der Waals surface area contributed by atoms with Gasteiger partial charge in [0, 0.05) is 0 Å².